The topological polar surface area (TPSA) is 84.9 Å². The Bertz CT molecular complexity index is 269. The maximum Gasteiger partial charge on any atom is 0.311 e. The van der Waals surface area contributed by atoms with Gasteiger partial charge in [-0.05, 0) is 6.42 Å². The van der Waals surface area contributed by atoms with Gasteiger partial charge in [-0.1, -0.05) is 6.92 Å². The molecule has 1 saturated heterocycles. The number of carbonyl (C=O) groups is 2. The number of nitrogens with one attached hydrogen (secondary N) is 1. The molecule has 0 saturated carbocycles. The number of carboxylic acids is 1. The first kappa shape index (κ1) is 13.9. The highest BCUT2D eigenvalue weighted by Crippen LogP contribution is 2.13. The molecule has 6 nitrogen and oxygen atoms in total. The Hall–Kier alpha value is -1.14. The minimum Gasteiger partial charge on any atom is -0.481 e. The van der Waals surface area contributed by atoms with E-state index in [1.54, 1.807) is 0 Å². The first-order valence-corrected chi connectivity index (χ1v) is 5.82. The van der Waals surface area contributed by atoms with Crippen LogP contribution < -0.4 is 5.32 Å². The van der Waals surface area contributed by atoms with Gasteiger partial charge < -0.3 is 19.9 Å². The van der Waals surface area contributed by atoms with E-state index in [0.29, 0.717) is 13.2 Å². The predicted octanol–water partition coefficient (Wildman–Crippen LogP) is 0.0189. The van der Waals surface area contributed by atoms with Gasteiger partial charge in [0, 0.05) is 13.0 Å². The highest BCUT2D eigenvalue weighted by atomic mass is 16.5. The molecule has 0 spiro atoms. The molecule has 1 aliphatic rings. The Morgan fingerprint density at radius 3 is 2.82 bits per heavy atom. The quantitative estimate of drug-likeness (QED) is 0.618. The fraction of sp³-hybridized carbons (Fsp3) is 0.818. The predicted molar refractivity (Wildman–Crippen MR) is 59.6 cm³/mol. The molecule has 2 N–H and O–H groups in total. The zero-order chi connectivity index (χ0) is 12.7. The van der Waals surface area contributed by atoms with Crippen molar-refractivity contribution in [2.24, 2.45) is 5.92 Å². The average Bonchev–Trinajstić information content (AvgIpc) is 2.72. The van der Waals surface area contributed by atoms with Gasteiger partial charge in [0.1, 0.15) is 5.92 Å². The monoisotopic (exact) mass is 245 g/mol. The third-order valence-electron chi connectivity index (χ3n) is 2.57. The summed E-state index contributed by atoms with van der Waals surface area (Å²) in [6, 6.07) is -0.425. The molecule has 1 amide bonds. The molecular weight excluding hydrogens is 226 g/mol. The standard InChI is InChI=1S/C11H19NO5/c1-2-4-16-5-3-10(13)12-9-7-17-6-8(9)11(14)15/h8-9H,2-7H2,1H3,(H,12,13)(H,14,15). The van der Waals surface area contributed by atoms with Crippen LogP contribution in [0.15, 0.2) is 0 Å². The van der Waals surface area contributed by atoms with Crippen LogP contribution in [-0.2, 0) is 19.1 Å². The summed E-state index contributed by atoms with van der Waals surface area (Å²) in [7, 11) is 0. The number of amides is 1. The molecule has 0 radical (unpaired) electrons. The highest BCUT2D eigenvalue weighted by Gasteiger charge is 2.34. The first-order chi connectivity index (χ1) is 8.15. The van der Waals surface area contributed by atoms with Gasteiger partial charge in [0.25, 0.3) is 0 Å². The molecule has 17 heavy (non-hydrogen) atoms. The van der Waals surface area contributed by atoms with Crippen LogP contribution in [0.1, 0.15) is 19.8 Å². The lowest BCUT2D eigenvalue weighted by Gasteiger charge is -2.15. The smallest absolute Gasteiger partial charge is 0.311 e. The van der Waals surface area contributed by atoms with Gasteiger partial charge in [0.05, 0.1) is 25.9 Å². The number of aliphatic carboxylic acids is 1. The molecule has 2 atom stereocenters. The van der Waals surface area contributed by atoms with Crippen LogP contribution in [0.5, 0.6) is 0 Å². The lowest BCUT2D eigenvalue weighted by molar-refractivity contribution is -0.142. The SMILES string of the molecule is CCCOCCC(=O)NC1COCC1C(=O)O. The van der Waals surface area contributed by atoms with Crippen LogP contribution >= 0.6 is 0 Å². The third kappa shape index (κ3) is 4.70. The zero-order valence-corrected chi connectivity index (χ0v) is 9.98. The van der Waals surface area contributed by atoms with Gasteiger partial charge in [-0.3, -0.25) is 9.59 Å². The van der Waals surface area contributed by atoms with Crippen molar-refractivity contribution in [2.45, 2.75) is 25.8 Å². The molecule has 0 aliphatic carbocycles. The van der Waals surface area contributed by atoms with Crippen molar-refractivity contribution >= 4 is 11.9 Å². The molecule has 0 bridgehead atoms. The molecule has 0 aromatic rings. The number of carbonyl (C=O) groups excluding carboxylic acids is 1. The number of hydrogen-bond acceptors (Lipinski definition) is 4. The molecule has 1 aliphatic heterocycles. The minimum atomic E-state index is -0.935. The second kappa shape index (κ2) is 7.24. The summed E-state index contributed by atoms with van der Waals surface area (Å²) in [6.45, 7) is 3.42. The summed E-state index contributed by atoms with van der Waals surface area (Å²) >= 11 is 0. The zero-order valence-electron chi connectivity index (χ0n) is 9.98. The summed E-state index contributed by atoms with van der Waals surface area (Å²) in [5.41, 5.74) is 0. The van der Waals surface area contributed by atoms with Gasteiger partial charge in [-0.2, -0.15) is 0 Å². The van der Waals surface area contributed by atoms with Crippen LogP contribution in [0.3, 0.4) is 0 Å². The van der Waals surface area contributed by atoms with E-state index >= 15 is 0 Å². The Morgan fingerprint density at radius 1 is 1.41 bits per heavy atom. The van der Waals surface area contributed by atoms with Crippen molar-refractivity contribution in [1.82, 2.24) is 5.32 Å². The molecular formula is C11H19NO5. The van der Waals surface area contributed by atoms with E-state index in [9.17, 15) is 9.59 Å². The van der Waals surface area contributed by atoms with Crippen LogP contribution in [0.2, 0.25) is 0 Å². The van der Waals surface area contributed by atoms with Crippen molar-refractivity contribution in [2.75, 3.05) is 26.4 Å². The van der Waals surface area contributed by atoms with Crippen molar-refractivity contribution in [3.63, 3.8) is 0 Å². The van der Waals surface area contributed by atoms with E-state index in [1.165, 1.54) is 0 Å². The van der Waals surface area contributed by atoms with Crippen molar-refractivity contribution in [3.8, 4) is 0 Å². The summed E-state index contributed by atoms with van der Waals surface area (Å²) < 4.78 is 10.2. The molecule has 6 heteroatoms. The molecule has 1 heterocycles. The van der Waals surface area contributed by atoms with Crippen molar-refractivity contribution in [1.29, 1.82) is 0 Å². The van der Waals surface area contributed by atoms with E-state index in [1.807, 2.05) is 6.92 Å². The van der Waals surface area contributed by atoms with Gasteiger partial charge >= 0.3 is 5.97 Å². The second-order valence-corrected chi connectivity index (χ2v) is 4.02. The van der Waals surface area contributed by atoms with Crippen molar-refractivity contribution < 1.29 is 24.2 Å². The molecule has 0 aromatic heterocycles. The number of ether oxygens (including phenoxy) is 2. The lowest BCUT2D eigenvalue weighted by Crippen LogP contribution is -2.42. The molecule has 1 fully saturated rings. The average molecular weight is 245 g/mol. The Balaban J connectivity index is 2.23. The van der Waals surface area contributed by atoms with Crippen LogP contribution in [-0.4, -0.2) is 49.5 Å². The lowest BCUT2D eigenvalue weighted by atomic mass is 10.0. The van der Waals surface area contributed by atoms with Crippen LogP contribution in [0, 0.1) is 5.92 Å². The largest absolute Gasteiger partial charge is 0.481 e. The van der Waals surface area contributed by atoms with Crippen molar-refractivity contribution in [3.05, 3.63) is 0 Å². The summed E-state index contributed by atoms with van der Waals surface area (Å²) in [4.78, 5) is 22.3. The fourth-order valence-corrected chi connectivity index (χ4v) is 1.63. The fourth-order valence-electron chi connectivity index (χ4n) is 1.63. The summed E-state index contributed by atoms with van der Waals surface area (Å²) in [6.07, 6.45) is 1.17. The van der Waals surface area contributed by atoms with Gasteiger partial charge in [0.15, 0.2) is 0 Å². The molecule has 0 aromatic carbocycles. The van der Waals surface area contributed by atoms with E-state index < -0.39 is 17.9 Å². The Labute approximate surface area is 100 Å². The number of rotatable bonds is 7. The second-order valence-electron chi connectivity index (χ2n) is 4.02. The maximum absolute atomic E-state index is 11.5. The Morgan fingerprint density at radius 2 is 2.18 bits per heavy atom. The van der Waals surface area contributed by atoms with E-state index in [4.69, 9.17) is 14.6 Å². The normalized spacial score (nSPS) is 23.6. The Kier molecular flexibility index (Phi) is 5.93. The van der Waals surface area contributed by atoms with Crippen LogP contribution in [0.4, 0.5) is 0 Å². The van der Waals surface area contributed by atoms with E-state index in [2.05, 4.69) is 5.32 Å². The molecule has 2 unspecified atom stereocenters. The van der Waals surface area contributed by atoms with E-state index in [-0.39, 0.29) is 25.5 Å². The number of hydrogen-bond donors (Lipinski definition) is 2. The number of carboxylic acid groups (broad SMARTS) is 1. The molecule has 1 rings (SSSR count). The van der Waals surface area contributed by atoms with Gasteiger partial charge in [-0.15, -0.1) is 0 Å². The summed E-state index contributed by atoms with van der Waals surface area (Å²) in [5.74, 6) is -1.77. The maximum atomic E-state index is 11.5. The molecule has 98 valence electrons. The van der Waals surface area contributed by atoms with Gasteiger partial charge in [-0.25, -0.2) is 0 Å². The van der Waals surface area contributed by atoms with E-state index in [0.717, 1.165) is 6.42 Å². The highest BCUT2D eigenvalue weighted by molar-refractivity contribution is 5.78. The first-order valence-electron chi connectivity index (χ1n) is 5.82. The third-order valence-corrected chi connectivity index (χ3v) is 2.57. The summed E-state index contributed by atoms with van der Waals surface area (Å²) in [5, 5.41) is 11.5. The minimum absolute atomic E-state index is 0.159. The van der Waals surface area contributed by atoms with Crippen LogP contribution in [0.25, 0.3) is 0 Å². The van der Waals surface area contributed by atoms with Gasteiger partial charge in [0.2, 0.25) is 5.91 Å².